The van der Waals surface area contributed by atoms with Gasteiger partial charge >= 0.3 is 5.97 Å². The van der Waals surface area contributed by atoms with Crippen molar-refractivity contribution in [2.24, 2.45) is 0 Å². The molecule has 0 saturated carbocycles. The van der Waals surface area contributed by atoms with Gasteiger partial charge in [0.2, 0.25) is 0 Å². The van der Waals surface area contributed by atoms with Crippen molar-refractivity contribution in [3.05, 3.63) is 69.8 Å². The topological polar surface area (TPSA) is 55.4 Å². The van der Waals surface area contributed by atoms with E-state index in [-0.39, 0.29) is 22.7 Å². The Bertz CT molecular complexity index is 955. The van der Waals surface area contributed by atoms with Crippen molar-refractivity contribution in [3.8, 4) is 0 Å². The molecule has 1 aliphatic rings. The number of esters is 1. The molecule has 4 nitrogen and oxygen atoms in total. The van der Waals surface area contributed by atoms with Crippen LogP contribution >= 0.6 is 0 Å². The first-order valence-corrected chi connectivity index (χ1v) is 10.7. The fourth-order valence-electron chi connectivity index (χ4n) is 4.32. The molecule has 1 N–H and O–H groups in total. The number of amides is 1. The quantitative estimate of drug-likeness (QED) is 0.683. The lowest BCUT2D eigenvalue weighted by Crippen LogP contribution is -2.35. The molecule has 3 rings (SSSR count). The fourth-order valence-corrected chi connectivity index (χ4v) is 4.32. The Morgan fingerprint density at radius 3 is 2.07 bits per heavy atom. The van der Waals surface area contributed by atoms with Crippen LogP contribution < -0.4 is 5.32 Å². The van der Waals surface area contributed by atoms with Gasteiger partial charge in [0.15, 0.2) is 0 Å². The zero-order valence-electron chi connectivity index (χ0n) is 19.0. The minimum absolute atomic E-state index is 0.0501. The molecule has 0 aromatic heterocycles. The van der Waals surface area contributed by atoms with Crippen LogP contribution in [0.4, 0.5) is 0 Å². The summed E-state index contributed by atoms with van der Waals surface area (Å²) in [4.78, 5) is 24.7. The number of fused-ring (bicyclic) bond motifs is 1. The van der Waals surface area contributed by atoms with E-state index in [9.17, 15) is 9.59 Å². The number of hydrogen-bond acceptors (Lipinski definition) is 3. The van der Waals surface area contributed by atoms with Crippen molar-refractivity contribution < 1.29 is 14.3 Å². The van der Waals surface area contributed by atoms with Crippen molar-refractivity contribution in [2.75, 3.05) is 7.11 Å². The Morgan fingerprint density at radius 1 is 0.967 bits per heavy atom. The van der Waals surface area contributed by atoms with E-state index in [4.69, 9.17) is 4.74 Å². The highest BCUT2D eigenvalue weighted by atomic mass is 16.5. The molecule has 1 aliphatic carbocycles. The van der Waals surface area contributed by atoms with Gasteiger partial charge in [-0.05, 0) is 70.5 Å². The highest BCUT2D eigenvalue weighted by Crippen LogP contribution is 2.46. The third kappa shape index (κ3) is 4.28. The number of hydrogen-bond donors (Lipinski definition) is 1. The molecule has 0 aliphatic heterocycles. The highest BCUT2D eigenvalue weighted by Gasteiger charge is 2.38. The lowest BCUT2D eigenvalue weighted by molar-refractivity contribution is 0.0600. The number of methoxy groups -OCH3 is 1. The Balaban J connectivity index is 1.85. The lowest BCUT2D eigenvalue weighted by Gasteiger charge is -2.42. The molecule has 0 atom stereocenters. The molecule has 0 fully saturated rings. The molecular weight excluding hydrogens is 374 g/mol. The Labute approximate surface area is 180 Å². The van der Waals surface area contributed by atoms with Crippen LogP contribution in [0.2, 0.25) is 0 Å². The average Bonchev–Trinajstić information content (AvgIpc) is 2.74. The molecule has 160 valence electrons. The molecule has 0 saturated heterocycles. The Hall–Kier alpha value is -2.62. The van der Waals surface area contributed by atoms with E-state index in [0.29, 0.717) is 12.1 Å². The van der Waals surface area contributed by atoms with Crippen LogP contribution in [0.5, 0.6) is 0 Å². The zero-order valence-corrected chi connectivity index (χ0v) is 19.0. The summed E-state index contributed by atoms with van der Waals surface area (Å²) in [6.45, 7) is 11.7. The van der Waals surface area contributed by atoms with Gasteiger partial charge in [-0.2, -0.15) is 0 Å². The molecule has 0 radical (unpaired) electrons. The van der Waals surface area contributed by atoms with Gasteiger partial charge in [0, 0.05) is 12.1 Å². The molecule has 2 aromatic rings. The number of carbonyl (C=O) groups is 2. The van der Waals surface area contributed by atoms with Crippen LogP contribution in [-0.4, -0.2) is 19.0 Å². The van der Waals surface area contributed by atoms with E-state index in [1.807, 2.05) is 12.1 Å². The second kappa shape index (κ2) is 8.25. The van der Waals surface area contributed by atoms with Gasteiger partial charge in [-0.15, -0.1) is 0 Å². The molecule has 2 aromatic carbocycles. The average molecular weight is 408 g/mol. The van der Waals surface area contributed by atoms with Gasteiger partial charge < -0.3 is 10.1 Å². The van der Waals surface area contributed by atoms with Crippen molar-refractivity contribution in [1.82, 2.24) is 5.32 Å². The van der Waals surface area contributed by atoms with E-state index in [1.165, 1.54) is 18.2 Å². The third-order valence-corrected chi connectivity index (χ3v) is 6.53. The first-order chi connectivity index (χ1) is 14.1. The lowest BCUT2D eigenvalue weighted by atomic mass is 9.62. The van der Waals surface area contributed by atoms with Crippen LogP contribution in [-0.2, 0) is 28.5 Å². The summed E-state index contributed by atoms with van der Waals surface area (Å²) < 4.78 is 4.73. The zero-order chi connectivity index (χ0) is 22.1. The Morgan fingerprint density at radius 2 is 1.53 bits per heavy atom. The van der Waals surface area contributed by atoms with E-state index in [0.717, 1.165) is 36.0 Å². The van der Waals surface area contributed by atoms with E-state index < -0.39 is 0 Å². The van der Waals surface area contributed by atoms with Gasteiger partial charge in [-0.25, -0.2) is 4.79 Å². The highest BCUT2D eigenvalue weighted by molar-refractivity contribution is 5.96. The van der Waals surface area contributed by atoms with Gasteiger partial charge in [0.25, 0.3) is 5.91 Å². The summed E-state index contributed by atoms with van der Waals surface area (Å²) in [5, 5.41) is 3.05. The summed E-state index contributed by atoms with van der Waals surface area (Å²) in [5.74, 6) is -0.413. The number of ether oxygens (including phenoxy) is 1. The maximum absolute atomic E-state index is 13.1. The molecule has 1 amide bonds. The van der Waals surface area contributed by atoms with E-state index in [2.05, 4.69) is 52.1 Å². The summed E-state index contributed by atoms with van der Waals surface area (Å²) in [6, 6.07) is 11.5. The summed E-state index contributed by atoms with van der Waals surface area (Å²) in [5.41, 5.74) is 6.18. The van der Waals surface area contributed by atoms with Crippen LogP contribution in [0.3, 0.4) is 0 Å². The monoisotopic (exact) mass is 407 g/mol. The predicted octanol–water partition coefficient (Wildman–Crippen LogP) is 5.31. The largest absolute Gasteiger partial charge is 0.465 e. The molecule has 0 heterocycles. The SMILES string of the molecule is CCc1cc2c(cc1C(=O)NCc1ccc(C(=O)OC)cc1)C(C)(C)CCC2(C)C. The normalized spacial score (nSPS) is 16.5. The summed E-state index contributed by atoms with van der Waals surface area (Å²) >= 11 is 0. The predicted molar refractivity (Wildman–Crippen MR) is 120 cm³/mol. The van der Waals surface area contributed by atoms with Gasteiger partial charge in [0.1, 0.15) is 0 Å². The number of rotatable bonds is 5. The molecule has 4 heteroatoms. The number of benzene rings is 2. The van der Waals surface area contributed by atoms with Crippen LogP contribution in [0.15, 0.2) is 36.4 Å². The smallest absolute Gasteiger partial charge is 0.337 e. The van der Waals surface area contributed by atoms with Crippen LogP contribution in [0, 0.1) is 0 Å². The molecule has 0 unspecified atom stereocenters. The first-order valence-electron chi connectivity index (χ1n) is 10.7. The summed E-state index contributed by atoms with van der Waals surface area (Å²) in [6.07, 6.45) is 3.09. The molecular formula is C26H33NO3. The van der Waals surface area contributed by atoms with Gasteiger partial charge in [-0.3, -0.25) is 4.79 Å². The fraction of sp³-hybridized carbons (Fsp3) is 0.462. The minimum atomic E-state index is -0.363. The maximum Gasteiger partial charge on any atom is 0.337 e. The van der Waals surface area contributed by atoms with E-state index >= 15 is 0 Å². The van der Waals surface area contributed by atoms with Crippen molar-refractivity contribution >= 4 is 11.9 Å². The number of carbonyl (C=O) groups excluding carboxylic acids is 2. The minimum Gasteiger partial charge on any atom is -0.465 e. The maximum atomic E-state index is 13.1. The van der Waals surface area contributed by atoms with Crippen LogP contribution in [0.25, 0.3) is 0 Å². The molecule has 0 bridgehead atoms. The van der Waals surface area contributed by atoms with Crippen molar-refractivity contribution in [3.63, 3.8) is 0 Å². The standard InChI is InChI=1S/C26H33NO3/c1-7-18-14-21-22(26(4,5)13-12-25(21,2)3)15-20(18)23(28)27-16-17-8-10-19(11-9-17)24(29)30-6/h8-11,14-15H,7,12-13,16H2,1-6H3,(H,27,28). The first kappa shape index (κ1) is 22.1. The number of nitrogens with one attached hydrogen (secondary N) is 1. The molecule has 30 heavy (non-hydrogen) atoms. The van der Waals surface area contributed by atoms with Gasteiger partial charge in [-0.1, -0.05) is 52.8 Å². The molecule has 0 spiro atoms. The summed E-state index contributed by atoms with van der Waals surface area (Å²) in [7, 11) is 1.36. The van der Waals surface area contributed by atoms with Crippen molar-refractivity contribution in [2.45, 2.75) is 71.3 Å². The second-order valence-corrected chi connectivity index (χ2v) is 9.55. The number of aryl methyl sites for hydroxylation is 1. The second-order valence-electron chi connectivity index (χ2n) is 9.55. The Kier molecular flexibility index (Phi) is 6.07. The van der Waals surface area contributed by atoms with Crippen molar-refractivity contribution in [1.29, 1.82) is 0 Å². The van der Waals surface area contributed by atoms with E-state index in [1.54, 1.807) is 12.1 Å². The third-order valence-electron chi connectivity index (χ3n) is 6.53. The van der Waals surface area contributed by atoms with Gasteiger partial charge in [0.05, 0.1) is 12.7 Å². The van der Waals surface area contributed by atoms with Crippen LogP contribution in [0.1, 0.15) is 90.4 Å².